The standard InChI is InChI=1S/C18H24N2O4S2/c1-12-15(25-17(19-12)18(2,3)4)16(21)20-13-7-6-8-14(11-13)24-9-10-26(5,22)23/h6-8,11H,9-10H2,1-5H3,(H,20,21). The molecular formula is C18H24N2O4S2. The van der Waals surface area contributed by atoms with Crippen molar-refractivity contribution in [2.45, 2.75) is 33.1 Å². The number of hydrogen-bond acceptors (Lipinski definition) is 6. The minimum Gasteiger partial charge on any atom is -0.492 e. The third kappa shape index (κ3) is 5.81. The smallest absolute Gasteiger partial charge is 0.267 e. The van der Waals surface area contributed by atoms with Gasteiger partial charge in [0.05, 0.1) is 16.5 Å². The summed E-state index contributed by atoms with van der Waals surface area (Å²) in [4.78, 5) is 17.7. The SMILES string of the molecule is Cc1nc(C(C)(C)C)sc1C(=O)Nc1cccc(OCCS(C)(=O)=O)c1. The zero-order valence-electron chi connectivity index (χ0n) is 15.6. The van der Waals surface area contributed by atoms with E-state index in [0.29, 0.717) is 22.0 Å². The average Bonchev–Trinajstić information content (AvgIpc) is 2.88. The van der Waals surface area contributed by atoms with Crippen LogP contribution in [0.1, 0.15) is 41.1 Å². The Labute approximate surface area is 158 Å². The first kappa shape index (κ1) is 20.4. The summed E-state index contributed by atoms with van der Waals surface area (Å²) in [5.41, 5.74) is 1.18. The fourth-order valence-corrected chi connectivity index (χ4v) is 3.50. The molecule has 2 rings (SSSR count). The number of aryl methyl sites for hydroxylation is 1. The second kappa shape index (κ2) is 7.75. The summed E-state index contributed by atoms with van der Waals surface area (Å²) < 4.78 is 27.7. The fraction of sp³-hybridized carbons (Fsp3) is 0.444. The van der Waals surface area contributed by atoms with E-state index in [-0.39, 0.29) is 23.7 Å². The maximum atomic E-state index is 12.6. The van der Waals surface area contributed by atoms with Crippen LogP contribution < -0.4 is 10.1 Å². The molecule has 1 amide bonds. The Bertz CT molecular complexity index is 896. The number of thiazole rings is 1. The Hall–Kier alpha value is -1.93. The number of hydrogen-bond donors (Lipinski definition) is 1. The number of carbonyl (C=O) groups is 1. The molecule has 0 unspecified atom stereocenters. The van der Waals surface area contributed by atoms with Gasteiger partial charge in [-0.1, -0.05) is 26.8 Å². The Kier molecular flexibility index (Phi) is 6.08. The number of nitrogens with zero attached hydrogens (tertiary/aromatic N) is 1. The molecule has 26 heavy (non-hydrogen) atoms. The van der Waals surface area contributed by atoms with Crippen molar-refractivity contribution in [2.75, 3.05) is 23.9 Å². The second-order valence-corrected chi connectivity index (χ2v) is 10.4. The van der Waals surface area contributed by atoms with Gasteiger partial charge in [-0.25, -0.2) is 13.4 Å². The maximum absolute atomic E-state index is 12.6. The number of benzene rings is 1. The van der Waals surface area contributed by atoms with Gasteiger partial charge in [0.2, 0.25) is 0 Å². The number of ether oxygens (including phenoxy) is 1. The van der Waals surface area contributed by atoms with Gasteiger partial charge in [-0.2, -0.15) is 0 Å². The first-order valence-corrected chi connectivity index (χ1v) is 11.0. The normalized spacial score (nSPS) is 12.0. The predicted molar refractivity (Wildman–Crippen MR) is 105 cm³/mol. The average molecular weight is 397 g/mol. The molecule has 6 nitrogen and oxygen atoms in total. The fourth-order valence-electron chi connectivity index (χ4n) is 2.09. The van der Waals surface area contributed by atoms with Crippen LogP contribution in [0.3, 0.4) is 0 Å². The van der Waals surface area contributed by atoms with Crippen molar-refractivity contribution in [1.82, 2.24) is 4.98 Å². The van der Waals surface area contributed by atoms with Crippen molar-refractivity contribution in [2.24, 2.45) is 0 Å². The lowest BCUT2D eigenvalue weighted by Crippen LogP contribution is -2.13. The summed E-state index contributed by atoms with van der Waals surface area (Å²) >= 11 is 1.39. The van der Waals surface area contributed by atoms with Gasteiger partial charge in [0.1, 0.15) is 17.2 Å². The van der Waals surface area contributed by atoms with Gasteiger partial charge in [0.15, 0.2) is 9.84 Å². The Balaban J connectivity index is 2.08. The molecule has 0 aliphatic carbocycles. The van der Waals surface area contributed by atoms with E-state index >= 15 is 0 Å². The molecule has 0 saturated carbocycles. The molecule has 0 atom stereocenters. The van der Waals surface area contributed by atoms with Gasteiger partial charge in [0.25, 0.3) is 5.91 Å². The lowest BCUT2D eigenvalue weighted by atomic mass is 9.98. The highest BCUT2D eigenvalue weighted by Gasteiger charge is 2.23. The minimum atomic E-state index is -3.07. The largest absolute Gasteiger partial charge is 0.492 e. The predicted octanol–water partition coefficient (Wildman–Crippen LogP) is 3.42. The topological polar surface area (TPSA) is 85.4 Å². The van der Waals surface area contributed by atoms with Crippen LogP contribution in [0.2, 0.25) is 0 Å². The van der Waals surface area contributed by atoms with Gasteiger partial charge < -0.3 is 10.1 Å². The molecular weight excluding hydrogens is 372 g/mol. The zero-order valence-corrected chi connectivity index (χ0v) is 17.3. The van der Waals surface area contributed by atoms with Crippen LogP contribution in [0.25, 0.3) is 0 Å². The van der Waals surface area contributed by atoms with Crippen molar-refractivity contribution < 1.29 is 17.9 Å². The number of anilines is 1. The summed E-state index contributed by atoms with van der Waals surface area (Å²) in [5.74, 6) is 0.228. The first-order chi connectivity index (χ1) is 12.0. The van der Waals surface area contributed by atoms with E-state index in [9.17, 15) is 13.2 Å². The number of nitrogens with one attached hydrogen (secondary N) is 1. The van der Waals surface area contributed by atoms with E-state index in [1.54, 1.807) is 24.3 Å². The number of rotatable bonds is 6. The van der Waals surface area contributed by atoms with Crippen LogP contribution in [-0.2, 0) is 15.3 Å². The molecule has 1 N–H and O–H groups in total. The lowest BCUT2D eigenvalue weighted by Gasteiger charge is -2.13. The summed E-state index contributed by atoms with van der Waals surface area (Å²) in [5, 5.41) is 3.76. The van der Waals surface area contributed by atoms with Crippen molar-refractivity contribution in [3.05, 3.63) is 39.8 Å². The summed E-state index contributed by atoms with van der Waals surface area (Å²) in [6, 6.07) is 6.88. The maximum Gasteiger partial charge on any atom is 0.267 e. The molecule has 1 heterocycles. The molecule has 8 heteroatoms. The van der Waals surface area contributed by atoms with Crippen LogP contribution in [0.4, 0.5) is 5.69 Å². The third-order valence-corrected chi connectivity index (χ3v) is 5.95. The Morgan fingerprint density at radius 2 is 2.00 bits per heavy atom. The zero-order chi connectivity index (χ0) is 19.5. The van der Waals surface area contributed by atoms with Crippen LogP contribution in [0, 0.1) is 6.92 Å². The van der Waals surface area contributed by atoms with Gasteiger partial charge in [-0.15, -0.1) is 11.3 Å². The summed E-state index contributed by atoms with van der Waals surface area (Å²) in [6.45, 7) is 8.07. The van der Waals surface area contributed by atoms with Crippen LogP contribution in [-0.4, -0.2) is 37.9 Å². The quantitative estimate of drug-likeness (QED) is 0.808. The highest BCUT2D eigenvalue weighted by atomic mass is 32.2. The summed E-state index contributed by atoms with van der Waals surface area (Å²) in [7, 11) is -3.07. The minimum absolute atomic E-state index is 0.0563. The van der Waals surface area contributed by atoms with E-state index < -0.39 is 9.84 Å². The van der Waals surface area contributed by atoms with Crippen molar-refractivity contribution >= 4 is 32.8 Å². The van der Waals surface area contributed by atoms with E-state index in [1.165, 1.54) is 11.3 Å². The van der Waals surface area contributed by atoms with E-state index in [2.05, 4.69) is 31.1 Å². The molecule has 0 saturated heterocycles. The van der Waals surface area contributed by atoms with Crippen molar-refractivity contribution in [3.63, 3.8) is 0 Å². The monoisotopic (exact) mass is 396 g/mol. The van der Waals surface area contributed by atoms with Gasteiger partial charge in [0, 0.05) is 23.4 Å². The lowest BCUT2D eigenvalue weighted by molar-refractivity contribution is 0.103. The van der Waals surface area contributed by atoms with Crippen molar-refractivity contribution in [1.29, 1.82) is 0 Å². The Morgan fingerprint density at radius 3 is 2.58 bits per heavy atom. The van der Waals surface area contributed by atoms with E-state index in [0.717, 1.165) is 11.3 Å². The Morgan fingerprint density at radius 1 is 1.31 bits per heavy atom. The molecule has 1 aromatic carbocycles. The van der Waals surface area contributed by atoms with Crippen LogP contribution >= 0.6 is 11.3 Å². The molecule has 1 aromatic heterocycles. The first-order valence-electron chi connectivity index (χ1n) is 8.15. The van der Waals surface area contributed by atoms with Crippen LogP contribution in [0.15, 0.2) is 24.3 Å². The van der Waals surface area contributed by atoms with E-state index in [1.807, 2.05) is 6.92 Å². The molecule has 0 fully saturated rings. The van der Waals surface area contributed by atoms with Crippen molar-refractivity contribution in [3.8, 4) is 5.75 Å². The molecule has 0 aliphatic heterocycles. The molecule has 0 bridgehead atoms. The number of carbonyl (C=O) groups excluding carboxylic acids is 1. The van der Waals surface area contributed by atoms with Crippen LogP contribution in [0.5, 0.6) is 5.75 Å². The number of aromatic nitrogens is 1. The summed E-state index contributed by atoms with van der Waals surface area (Å²) in [6.07, 6.45) is 1.16. The van der Waals surface area contributed by atoms with Gasteiger partial charge >= 0.3 is 0 Å². The highest BCUT2D eigenvalue weighted by Crippen LogP contribution is 2.30. The number of sulfone groups is 1. The molecule has 142 valence electrons. The molecule has 0 spiro atoms. The number of amides is 1. The molecule has 0 radical (unpaired) electrons. The third-order valence-electron chi connectivity index (χ3n) is 3.46. The van der Waals surface area contributed by atoms with Gasteiger partial charge in [-0.3, -0.25) is 4.79 Å². The second-order valence-electron chi connectivity index (χ2n) is 7.14. The van der Waals surface area contributed by atoms with E-state index in [4.69, 9.17) is 4.74 Å². The molecule has 0 aliphatic rings. The molecule has 2 aromatic rings. The highest BCUT2D eigenvalue weighted by molar-refractivity contribution is 7.90. The van der Waals surface area contributed by atoms with Gasteiger partial charge in [-0.05, 0) is 19.1 Å².